The van der Waals surface area contributed by atoms with E-state index in [1.807, 2.05) is 30.3 Å². The van der Waals surface area contributed by atoms with Crippen LogP contribution >= 0.6 is 11.6 Å². The van der Waals surface area contributed by atoms with Gasteiger partial charge in [-0.25, -0.2) is 5.48 Å². The lowest BCUT2D eigenvalue weighted by molar-refractivity contribution is -0.133. The van der Waals surface area contributed by atoms with E-state index in [2.05, 4.69) is 17.4 Å². The zero-order valence-corrected chi connectivity index (χ0v) is 12.7. The molecule has 0 radical (unpaired) electrons. The fourth-order valence-electron chi connectivity index (χ4n) is 2.88. The Morgan fingerprint density at radius 2 is 1.95 bits per heavy atom. The van der Waals surface area contributed by atoms with Gasteiger partial charge >= 0.3 is 0 Å². The number of fused-ring (bicyclic) bond motifs is 1. The zero-order chi connectivity index (χ0) is 15.5. The van der Waals surface area contributed by atoms with Gasteiger partial charge in [-0.05, 0) is 60.7 Å². The number of aryl methyl sites for hydroxylation is 1. The van der Waals surface area contributed by atoms with E-state index in [0.29, 0.717) is 11.4 Å². The normalized spacial score (nSPS) is 16.7. The third kappa shape index (κ3) is 3.24. The maximum Gasteiger partial charge on any atom is 0.246 e. The maximum absolute atomic E-state index is 11.6. The van der Waals surface area contributed by atoms with E-state index in [-0.39, 0.29) is 11.8 Å². The fourth-order valence-corrected chi connectivity index (χ4v) is 3.07. The van der Waals surface area contributed by atoms with Crippen LogP contribution in [-0.4, -0.2) is 11.1 Å². The van der Waals surface area contributed by atoms with Gasteiger partial charge in [-0.3, -0.25) is 10.0 Å². The van der Waals surface area contributed by atoms with Crippen molar-refractivity contribution in [3.63, 3.8) is 0 Å². The molecule has 2 aromatic carbocycles. The Bertz CT molecular complexity index is 703. The van der Waals surface area contributed by atoms with Crippen molar-refractivity contribution in [3.8, 4) is 0 Å². The summed E-state index contributed by atoms with van der Waals surface area (Å²) in [7, 11) is 0. The van der Waals surface area contributed by atoms with Crippen molar-refractivity contribution in [1.29, 1.82) is 0 Å². The van der Waals surface area contributed by atoms with E-state index in [9.17, 15) is 4.79 Å². The number of hydrogen-bond donors (Lipinski definition) is 3. The van der Waals surface area contributed by atoms with Crippen LogP contribution in [0.25, 0.3) is 0 Å². The smallest absolute Gasteiger partial charge is 0.246 e. The number of halogens is 1. The zero-order valence-electron chi connectivity index (χ0n) is 12.0. The van der Waals surface area contributed by atoms with Crippen molar-refractivity contribution in [1.82, 2.24) is 5.48 Å². The molecule has 1 atom stereocenters. The number of carbonyl (C=O) groups is 1. The first-order valence-electron chi connectivity index (χ1n) is 7.24. The number of amides is 1. The van der Waals surface area contributed by atoms with Crippen LogP contribution in [-0.2, 0) is 17.6 Å². The van der Waals surface area contributed by atoms with Gasteiger partial charge in [0.1, 0.15) is 0 Å². The number of rotatable bonds is 3. The summed E-state index contributed by atoms with van der Waals surface area (Å²) in [6.07, 6.45) is 2.26. The van der Waals surface area contributed by atoms with Crippen molar-refractivity contribution in [2.75, 3.05) is 5.32 Å². The highest BCUT2D eigenvalue weighted by atomic mass is 35.5. The first-order chi connectivity index (χ1) is 10.7. The molecule has 0 heterocycles. The Morgan fingerprint density at radius 3 is 2.73 bits per heavy atom. The Balaban J connectivity index is 1.80. The molecule has 4 nitrogen and oxygen atoms in total. The molecular weight excluding hydrogens is 300 g/mol. The lowest BCUT2D eigenvalue weighted by Crippen LogP contribution is -2.31. The van der Waals surface area contributed by atoms with Crippen LogP contribution in [0.15, 0.2) is 42.5 Å². The molecule has 0 aromatic heterocycles. The first-order valence-corrected chi connectivity index (χ1v) is 7.62. The summed E-state index contributed by atoms with van der Waals surface area (Å²) in [5.41, 5.74) is 6.05. The van der Waals surface area contributed by atoms with Gasteiger partial charge in [0.15, 0.2) is 0 Å². The summed E-state index contributed by atoms with van der Waals surface area (Å²) in [5, 5.41) is 12.8. The quantitative estimate of drug-likeness (QED) is 0.598. The Labute approximate surface area is 134 Å². The van der Waals surface area contributed by atoms with Crippen LogP contribution in [0.4, 0.5) is 11.4 Å². The highest BCUT2D eigenvalue weighted by Gasteiger charge is 2.24. The molecule has 0 bridgehead atoms. The molecule has 5 heteroatoms. The van der Waals surface area contributed by atoms with Gasteiger partial charge in [-0.15, -0.1) is 0 Å². The molecule has 1 aliphatic carbocycles. The average Bonchev–Trinajstić information content (AvgIpc) is 2.53. The highest BCUT2D eigenvalue weighted by Crippen LogP contribution is 2.29. The van der Waals surface area contributed by atoms with Gasteiger partial charge < -0.3 is 5.32 Å². The predicted octanol–water partition coefficient (Wildman–Crippen LogP) is 3.69. The molecule has 0 saturated heterocycles. The van der Waals surface area contributed by atoms with Gasteiger partial charge in [0, 0.05) is 22.3 Å². The topological polar surface area (TPSA) is 61.4 Å². The molecule has 1 aliphatic rings. The van der Waals surface area contributed by atoms with E-state index >= 15 is 0 Å². The molecule has 3 N–H and O–H groups in total. The fraction of sp³-hybridized carbons (Fsp3) is 0.235. The van der Waals surface area contributed by atoms with Crippen LogP contribution in [0.2, 0.25) is 5.02 Å². The van der Waals surface area contributed by atoms with Crippen molar-refractivity contribution in [2.45, 2.75) is 19.3 Å². The third-order valence-electron chi connectivity index (χ3n) is 4.03. The van der Waals surface area contributed by atoms with Crippen LogP contribution in [0, 0.1) is 5.92 Å². The maximum atomic E-state index is 11.6. The summed E-state index contributed by atoms with van der Waals surface area (Å²) in [5.74, 6) is -0.474. The minimum Gasteiger partial charge on any atom is -0.355 e. The minimum atomic E-state index is -0.307. The van der Waals surface area contributed by atoms with E-state index in [1.165, 1.54) is 5.56 Å². The Kier molecular flexibility index (Phi) is 4.32. The van der Waals surface area contributed by atoms with Gasteiger partial charge in [0.05, 0.1) is 0 Å². The van der Waals surface area contributed by atoms with E-state index in [4.69, 9.17) is 16.8 Å². The highest BCUT2D eigenvalue weighted by molar-refractivity contribution is 6.30. The van der Waals surface area contributed by atoms with Crippen molar-refractivity contribution >= 4 is 28.9 Å². The summed E-state index contributed by atoms with van der Waals surface area (Å²) in [6, 6.07) is 13.7. The standard InChI is InChI=1S/C17H17ClN2O2/c18-14-2-1-3-15(10-14)19-16-7-6-11-4-5-12(17(21)20-22)8-13(11)9-16/h1-3,6-7,9-10,12,19,22H,4-5,8H2,(H,20,21). The molecule has 0 spiro atoms. The largest absolute Gasteiger partial charge is 0.355 e. The third-order valence-corrected chi connectivity index (χ3v) is 4.26. The van der Waals surface area contributed by atoms with Crippen molar-refractivity contribution in [2.24, 2.45) is 5.92 Å². The van der Waals surface area contributed by atoms with Crippen molar-refractivity contribution < 1.29 is 10.0 Å². The lowest BCUT2D eigenvalue weighted by atomic mass is 9.83. The molecule has 2 aromatic rings. The molecule has 0 saturated carbocycles. The Hall–Kier alpha value is -2.04. The number of hydroxylamine groups is 1. The van der Waals surface area contributed by atoms with E-state index in [0.717, 1.165) is 29.8 Å². The van der Waals surface area contributed by atoms with Crippen LogP contribution in [0.1, 0.15) is 17.5 Å². The number of carbonyl (C=O) groups excluding carboxylic acids is 1. The SMILES string of the molecule is O=C(NO)C1CCc2ccc(Nc3cccc(Cl)c3)cc2C1. The molecule has 1 amide bonds. The summed E-state index contributed by atoms with van der Waals surface area (Å²) >= 11 is 5.99. The van der Waals surface area contributed by atoms with Crippen LogP contribution < -0.4 is 10.8 Å². The number of hydrogen-bond acceptors (Lipinski definition) is 3. The monoisotopic (exact) mass is 316 g/mol. The van der Waals surface area contributed by atoms with Crippen LogP contribution in [0.5, 0.6) is 0 Å². The number of anilines is 2. The summed E-state index contributed by atoms with van der Waals surface area (Å²) in [4.78, 5) is 11.6. The van der Waals surface area contributed by atoms with E-state index in [1.54, 1.807) is 5.48 Å². The molecule has 0 aliphatic heterocycles. The number of nitrogens with one attached hydrogen (secondary N) is 2. The second kappa shape index (κ2) is 6.38. The molecule has 0 fully saturated rings. The minimum absolute atomic E-state index is 0.168. The molecule has 22 heavy (non-hydrogen) atoms. The summed E-state index contributed by atoms with van der Waals surface area (Å²) in [6.45, 7) is 0. The second-order valence-corrected chi connectivity index (χ2v) is 5.97. The Morgan fingerprint density at radius 1 is 1.14 bits per heavy atom. The molecular formula is C17H17ClN2O2. The van der Waals surface area contributed by atoms with Gasteiger partial charge in [-0.1, -0.05) is 23.7 Å². The van der Waals surface area contributed by atoms with E-state index < -0.39 is 0 Å². The first kappa shape index (κ1) is 14.9. The van der Waals surface area contributed by atoms with Crippen molar-refractivity contribution in [3.05, 3.63) is 58.6 Å². The molecule has 114 valence electrons. The van der Waals surface area contributed by atoms with Gasteiger partial charge in [0.2, 0.25) is 5.91 Å². The molecule has 3 rings (SSSR count). The van der Waals surface area contributed by atoms with Gasteiger partial charge in [0.25, 0.3) is 0 Å². The average molecular weight is 317 g/mol. The molecule has 1 unspecified atom stereocenters. The lowest BCUT2D eigenvalue weighted by Gasteiger charge is -2.23. The van der Waals surface area contributed by atoms with Gasteiger partial charge in [-0.2, -0.15) is 0 Å². The van der Waals surface area contributed by atoms with Crippen LogP contribution in [0.3, 0.4) is 0 Å². The predicted molar refractivity (Wildman–Crippen MR) is 86.6 cm³/mol. The summed E-state index contributed by atoms with van der Waals surface area (Å²) < 4.78 is 0. The number of benzene rings is 2. The second-order valence-electron chi connectivity index (χ2n) is 5.53.